The van der Waals surface area contributed by atoms with Gasteiger partial charge in [0.1, 0.15) is 17.9 Å². The Hall–Kier alpha value is -3.75. The lowest BCUT2D eigenvalue weighted by molar-refractivity contribution is -0.267. The van der Waals surface area contributed by atoms with Crippen LogP contribution in [0.3, 0.4) is 0 Å². The number of esters is 1. The van der Waals surface area contributed by atoms with Crippen LogP contribution >= 0.6 is 0 Å². The summed E-state index contributed by atoms with van der Waals surface area (Å²) in [6, 6.07) is 2.88. The van der Waals surface area contributed by atoms with Crippen molar-refractivity contribution in [3.8, 4) is 11.3 Å². The highest BCUT2D eigenvalue weighted by Crippen LogP contribution is 2.43. The molecule has 5 rings (SSSR count). The van der Waals surface area contributed by atoms with Gasteiger partial charge in [0.15, 0.2) is 18.2 Å². The van der Waals surface area contributed by atoms with E-state index in [2.05, 4.69) is 22.3 Å². The van der Waals surface area contributed by atoms with Crippen molar-refractivity contribution >= 4 is 23.6 Å². The van der Waals surface area contributed by atoms with Gasteiger partial charge in [-0.05, 0) is 63.0 Å². The van der Waals surface area contributed by atoms with Gasteiger partial charge in [0.25, 0.3) is 5.67 Å². The molecule has 2 aromatic rings. The van der Waals surface area contributed by atoms with Crippen LogP contribution in [0.25, 0.3) is 11.3 Å². The Kier molecular flexibility index (Phi) is 13.2. The average Bonchev–Trinajstić information content (AvgIpc) is 3.75. The van der Waals surface area contributed by atoms with Gasteiger partial charge in [-0.25, -0.2) is 29.4 Å². The smallest absolute Gasteiger partial charge is 0.425 e. The van der Waals surface area contributed by atoms with E-state index in [4.69, 9.17) is 18.9 Å². The summed E-state index contributed by atoms with van der Waals surface area (Å²) in [5.74, 6) is -4.70. The van der Waals surface area contributed by atoms with E-state index in [0.29, 0.717) is 19.5 Å². The maximum absolute atomic E-state index is 16.6. The number of cyclic esters (lactones) is 1. The second-order valence-corrected chi connectivity index (χ2v) is 16.9. The molecule has 2 unspecified atom stereocenters. The Morgan fingerprint density at radius 1 is 1.04 bits per heavy atom. The number of rotatable bonds is 9. The number of hydrazine groups is 1. The number of fused-ring (bicyclic) bond motifs is 1. The van der Waals surface area contributed by atoms with E-state index in [1.165, 1.54) is 5.01 Å². The summed E-state index contributed by atoms with van der Waals surface area (Å²) in [7, 11) is 0. The van der Waals surface area contributed by atoms with E-state index in [-0.39, 0.29) is 36.6 Å². The molecule has 5 heterocycles. The van der Waals surface area contributed by atoms with Gasteiger partial charge in [0.05, 0.1) is 24.2 Å². The number of pyridine rings is 1. The third-order valence-corrected chi connectivity index (χ3v) is 12.0. The number of alkyl halides is 1. The maximum atomic E-state index is 16.6. The molecule has 0 bridgehead atoms. The number of ether oxygens (including phenoxy) is 4. The molecule has 0 aliphatic carbocycles. The summed E-state index contributed by atoms with van der Waals surface area (Å²) < 4.78 is 43.1. The van der Waals surface area contributed by atoms with Crippen LogP contribution < -0.4 is 5.43 Å². The monoisotopic (exact) mass is 769 g/mol. The molecule has 0 radical (unpaired) electrons. The molecule has 14 heteroatoms. The molecule has 3 aliphatic heterocycles. The van der Waals surface area contributed by atoms with Crippen molar-refractivity contribution in [2.45, 2.75) is 144 Å². The second kappa shape index (κ2) is 17.2. The first-order valence-electron chi connectivity index (χ1n) is 19.8. The number of Topliss-reactive ketones (excluding diaryl/α,β-unsaturated/α-hetero) is 2. The van der Waals surface area contributed by atoms with Crippen LogP contribution in [0.5, 0.6) is 0 Å². The predicted molar refractivity (Wildman–Crippen MR) is 202 cm³/mol. The second-order valence-electron chi connectivity index (χ2n) is 16.9. The van der Waals surface area contributed by atoms with Crippen LogP contribution in [0.15, 0.2) is 37.1 Å². The highest BCUT2D eigenvalue weighted by Gasteiger charge is 2.56. The van der Waals surface area contributed by atoms with Gasteiger partial charge in [-0.2, -0.15) is 0 Å². The molecule has 3 fully saturated rings. The molecule has 304 valence electrons. The van der Waals surface area contributed by atoms with Gasteiger partial charge in [-0.3, -0.25) is 14.6 Å². The number of ketones is 2. The van der Waals surface area contributed by atoms with Crippen LogP contribution in [-0.4, -0.2) is 92.1 Å². The van der Waals surface area contributed by atoms with E-state index in [0.717, 1.165) is 24.6 Å². The largest absolute Gasteiger partial charge is 0.456 e. The number of aromatic nitrogens is 3. The van der Waals surface area contributed by atoms with Crippen molar-refractivity contribution < 1.29 is 42.5 Å². The van der Waals surface area contributed by atoms with Crippen LogP contribution in [0.2, 0.25) is 0 Å². The topological polar surface area (TPSA) is 151 Å². The molecule has 55 heavy (non-hydrogen) atoms. The number of amides is 1. The Morgan fingerprint density at radius 3 is 2.44 bits per heavy atom. The van der Waals surface area contributed by atoms with Crippen molar-refractivity contribution in [1.29, 1.82) is 0 Å². The van der Waals surface area contributed by atoms with E-state index in [1.54, 1.807) is 39.5 Å². The van der Waals surface area contributed by atoms with E-state index in [9.17, 15) is 19.2 Å². The summed E-state index contributed by atoms with van der Waals surface area (Å²) in [5, 5.41) is 1.31. The minimum absolute atomic E-state index is 0.0203. The van der Waals surface area contributed by atoms with Gasteiger partial charge in [-0.15, -0.1) is 0 Å². The van der Waals surface area contributed by atoms with E-state index < -0.39 is 77.3 Å². The van der Waals surface area contributed by atoms with Crippen LogP contribution in [0, 0.1) is 35.0 Å². The maximum Gasteiger partial charge on any atom is 0.425 e. The van der Waals surface area contributed by atoms with Crippen LogP contribution in [0.1, 0.15) is 94.9 Å². The van der Waals surface area contributed by atoms with Gasteiger partial charge < -0.3 is 23.5 Å². The fraction of sp³-hybridized carbons (Fsp3) is 0.707. The molecule has 0 spiro atoms. The number of imidazole rings is 1. The molecular formula is C41H60FN5O8. The summed E-state index contributed by atoms with van der Waals surface area (Å²) in [6.07, 6.45) is 4.27. The van der Waals surface area contributed by atoms with Gasteiger partial charge in [-0.1, -0.05) is 55.4 Å². The van der Waals surface area contributed by atoms with E-state index in [1.807, 2.05) is 57.5 Å². The number of hydrogen-bond acceptors (Lipinski definition) is 11. The zero-order valence-corrected chi connectivity index (χ0v) is 34.0. The summed E-state index contributed by atoms with van der Waals surface area (Å²) in [5.41, 5.74) is 0.945. The number of carbonyl (C=O) groups is 4. The van der Waals surface area contributed by atoms with Crippen LogP contribution in [-0.2, 0) is 39.9 Å². The fourth-order valence-corrected chi connectivity index (χ4v) is 8.71. The molecule has 0 aromatic carbocycles. The highest BCUT2D eigenvalue weighted by molar-refractivity contribution is 6.07. The summed E-state index contributed by atoms with van der Waals surface area (Å²) in [4.78, 5) is 64.3. The Bertz CT molecular complexity index is 1670. The SMILES string of the molecule is CC[C@H]1OC(=O)[C@@](C)(F)C(=O)[C@H](C)[C@@H](OC2O[C@H](C)C[C@H](C)[C@H]2C)C(C)(C)C[C@@H](C)C(=O)[C@H](C)[C@@H]2C1OC(=O)N2NCCCn1cnc(-c2cccnc2)c1. The third-order valence-electron chi connectivity index (χ3n) is 12.0. The summed E-state index contributed by atoms with van der Waals surface area (Å²) >= 11 is 0. The van der Waals surface area contributed by atoms with Crippen molar-refractivity contribution in [3.63, 3.8) is 0 Å². The number of halogens is 1. The first-order valence-corrected chi connectivity index (χ1v) is 19.8. The normalized spacial score (nSPS) is 36.2. The standard InChI is InChI=1S/C41H60FN5O8/c1-11-31-34-32(47(39(51)54-34)45-16-13-17-46-21-30(44-22-46)29-14-12-15-43-20-29)27(6)33(48)24(3)19-40(8,9)36(28(7)35(49)41(10,42)38(50)53-31)55-37-26(5)23(2)18-25(4)52-37/h12,14-15,20-28,31-32,34,36-37,45H,11,13,16-19H2,1-10H3/t23-,24+,25+,26+,27+,28-,31+,32+,34?,36+,37?,41-/m0/s1. The molecule has 0 saturated carbocycles. The zero-order valence-electron chi connectivity index (χ0n) is 34.0. The predicted octanol–water partition coefficient (Wildman–Crippen LogP) is 6.35. The summed E-state index contributed by atoms with van der Waals surface area (Å²) in [6.45, 7) is 18.6. The lowest BCUT2D eigenvalue weighted by Gasteiger charge is -2.46. The lowest BCUT2D eigenvalue weighted by atomic mass is 9.69. The molecule has 13 nitrogen and oxygen atoms in total. The number of nitrogens with one attached hydrogen (secondary N) is 1. The molecule has 3 aliphatic rings. The number of aryl methyl sites for hydroxylation is 1. The minimum atomic E-state index is -3.04. The van der Waals surface area contributed by atoms with Gasteiger partial charge in [0.2, 0.25) is 0 Å². The minimum Gasteiger partial charge on any atom is -0.456 e. The zero-order chi connectivity index (χ0) is 40.4. The Morgan fingerprint density at radius 2 is 1.76 bits per heavy atom. The molecular weight excluding hydrogens is 709 g/mol. The van der Waals surface area contributed by atoms with Crippen molar-refractivity contribution in [1.82, 2.24) is 25.0 Å². The van der Waals surface area contributed by atoms with Crippen molar-refractivity contribution in [2.75, 3.05) is 6.54 Å². The third kappa shape index (κ3) is 9.12. The lowest BCUT2D eigenvalue weighted by Crippen LogP contribution is -2.57. The fourth-order valence-electron chi connectivity index (χ4n) is 8.71. The Balaban J connectivity index is 1.40. The average molecular weight is 770 g/mol. The Labute approximate surface area is 324 Å². The number of hydrogen-bond donors (Lipinski definition) is 1. The highest BCUT2D eigenvalue weighted by atomic mass is 19.1. The molecule has 2 aromatic heterocycles. The first-order chi connectivity index (χ1) is 25.9. The van der Waals surface area contributed by atoms with Gasteiger partial charge >= 0.3 is 12.1 Å². The first kappa shape index (κ1) is 42.4. The number of nitrogens with zero attached hydrogens (tertiary/aromatic N) is 4. The number of carbonyl (C=O) groups excluding carboxylic acids is 4. The van der Waals surface area contributed by atoms with Crippen LogP contribution in [0.4, 0.5) is 9.18 Å². The quantitative estimate of drug-likeness (QED) is 0.173. The van der Waals surface area contributed by atoms with Crippen molar-refractivity contribution in [2.24, 2.45) is 35.0 Å². The molecule has 3 saturated heterocycles. The van der Waals surface area contributed by atoms with Gasteiger partial charge in [0, 0.05) is 60.9 Å². The van der Waals surface area contributed by atoms with E-state index >= 15 is 4.39 Å². The molecule has 1 amide bonds. The molecule has 12 atom stereocenters. The molecule has 1 N–H and O–H groups in total. The van der Waals surface area contributed by atoms with Crippen molar-refractivity contribution in [3.05, 3.63) is 37.1 Å².